The number of hydrogen-bond acceptors (Lipinski definition) is 3. The van der Waals surface area contributed by atoms with E-state index in [0.29, 0.717) is 0 Å². The van der Waals surface area contributed by atoms with E-state index < -0.39 is 0 Å². The topological polar surface area (TPSA) is 49.6 Å². The molecule has 4 heteroatoms. The number of hydrogen-bond donors (Lipinski definition) is 1. The van der Waals surface area contributed by atoms with Crippen LogP contribution in [0.15, 0.2) is 0 Å². The zero-order chi connectivity index (χ0) is 9.47. The third-order valence-electron chi connectivity index (χ3n) is 3.29. The summed E-state index contributed by atoms with van der Waals surface area (Å²) in [6.45, 7) is 4.07. The van der Waals surface area contributed by atoms with E-state index in [4.69, 9.17) is 5.73 Å². The van der Waals surface area contributed by atoms with Crippen LogP contribution in [0.4, 0.5) is 0 Å². The lowest BCUT2D eigenvalue weighted by Gasteiger charge is -2.36. The summed E-state index contributed by atoms with van der Waals surface area (Å²) < 4.78 is 0. The second-order valence-corrected chi connectivity index (χ2v) is 4.19. The van der Waals surface area contributed by atoms with Crippen LogP contribution in [0.5, 0.6) is 0 Å². The first-order valence-corrected chi connectivity index (χ1v) is 4.89. The smallest absolute Gasteiger partial charge is 0.237 e. The first-order valence-electron chi connectivity index (χ1n) is 4.89. The van der Waals surface area contributed by atoms with Crippen molar-refractivity contribution >= 4 is 5.91 Å². The normalized spacial score (nSPS) is 28.7. The predicted octanol–water partition coefficient (Wildman–Crippen LogP) is -0.748. The van der Waals surface area contributed by atoms with Crippen LogP contribution in [0.3, 0.4) is 0 Å². The second-order valence-electron chi connectivity index (χ2n) is 4.19. The van der Waals surface area contributed by atoms with E-state index in [1.807, 2.05) is 0 Å². The van der Waals surface area contributed by atoms with E-state index in [1.54, 1.807) is 0 Å². The summed E-state index contributed by atoms with van der Waals surface area (Å²) in [5.41, 5.74) is 5.16. The van der Waals surface area contributed by atoms with Crippen LogP contribution in [-0.2, 0) is 4.79 Å². The average molecular weight is 183 g/mol. The maximum Gasteiger partial charge on any atom is 0.237 e. The maximum absolute atomic E-state index is 11.2. The number of rotatable bonds is 2. The van der Waals surface area contributed by atoms with E-state index in [2.05, 4.69) is 16.8 Å². The van der Waals surface area contributed by atoms with Gasteiger partial charge in [0.05, 0.1) is 0 Å². The third-order valence-corrected chi connectivity index (χ3v) is 3.29. The van der Waals surface area contributed by atoms with Gasteiger partial charge in [-0.25, -0.2) is 0 Å². The molecule has 1 saturated carbocycles. The lowest BCUT2D eigenvalue weighted by molar-refractivity contribution is -0.125. The molecular formula is C9H17N3O. The summed E-state index contributed by atoms with van der Waals surface area (Å²) in [6.07, 6.45) is 1.93. The van der Waals surface area contributed by atoms with Crippen molar-refractivity contribution in [1.82, 2.24) is 9.80 Å². The van der Waals surface area contributed by atoms with Gasteiger partial charge in [0, 0.05) is 26.2 Å². The summed E-state index contributed by atoms with van der Waals surface area (Å²) in [5, 5.41) is 0. The Morgan fingerprint density at radius 2 is 1.77 bits per heavy atom. The number of primary amides is 1. The fourth-order valence-electron chi connectivity index (χ4n) is 2.07. The highest BCUT2D eigenvalue weighted by Gasteiger charge is 2.53. The Hall–Kier alpha value is -0.610. The lowest BCUT2D eigenvalue weighted by Crippen LogP contribution is -2.54. The Morgan fingerprint density at radius 3 is 2.15 bits per heavy atom. The molecule has 74 valence electrons. The maximum atomic E-state index is 11.2. The highest BCUT2D eigenvalue weighted by atomic mass is 16.2. The Bertz CT molecular complexity index is 217. The molecule has 13 heavy (non-hydrogen) atoms. The van der Waals surface area contributed by atoms with E-state index in [-0.39, 0.29) is 11.4 Å². The Labute approximate surface area is 78.7 Å². The van der Waals surface area contributed by atoms with Gasteiger partial charge in [-0.1, -0.05) is 0 Å². The average Bonchev–Trinajstić information content (AvgIpc) is 2.86. The summed E-state index contributed by atoms with van der Waals surface area (Å²) >= 11 is 0. The number of piperazine rings is 1. The first-order chi connectivity index (χ1) is 6.15. The van der Waals surface area contributed by atoms with Crippen molar-refractivity contribution in [2.45, 2.75) is 18.4 Å². The Kier molecular flexibility index (Phi) is 2.04. The molecule has 1 aliphatic carbocycles. The van der Waals surface area contributed by atoms with Gasteiger partial charge in [-0.05, 0) is 19.9 Å². The summed E-state index contributed by atoms with van der Waals surface area (Å²) in [7, 11) is 2.11. The molecule has 2 N–H and O–H groups in total. The zero-order valence-corrected chi connectivity index (χ0v) is 8.12. The Morgan fingerprint density at radius 1 is 1.23 bits per heavy atom. The van der Waals surface area contributed by atoms with Crippen LogP contribution in [0.25, 0.3) is 0 Å². The molecule has 0 atom stereocenters. The molecule has 2 aliphatic rings. The van der Waals surface area contributed by atoms with Crippen molar-refractivity contribution in [3.63, 3.8) is 0 Å². The van der Waals surface area contributed by atoms with E-state index in [1.165, 1.54) is 0 Å². The molecule has 1 saturated heterocycles. The monoisotopic (exact) mass is 183 g/mol. The predicted molar refractivity (Wildman–Crippen MR) is 50.2 cm³/mol. The highest BCUT2D eigenvalue weighted by Crippen LogP contribution is 2.41. The summed E-state index contributed by atoms with van der Waals surface area (Å²) in [5.74, 6) is -0.128. The molecule has 0 radical (unpaired) electrons. The number of carbonyl (C=O) groups excluding carboxylic acids is 1. The van der Waals surface area contributed by atoms with Gasteiger partial charge < -0.3 is 10.6 Å². The summed E-state index contributed by atoms with van der Waals surface area (Å²) in [4.78, 5) is 15.8. The van der Waals surface area contributed by atoms with Crippen molar-refractivity contribution in [1.29, 1.82) is 0 Å². The van der Waals surface area contributed by atoms with Crippen LogP contribution in [0.2, 0.25) is 0 Å². The van der Waals surface area contributed by atoms with Crippen LogP contribution >= 0.6 is 0 Å². The minimum absolute atomic E-state index is 0.128. The number of amides is 1. The van der Waals surface area contributed by atoms with Crippen molar-refractivity contribution in [2.75, 3.05) is 33.2 Å². The number of nitrogens with zero attached hydrogens (tertiary/aromatic N) is 2. The van der Waals surface area contributed by atoms with Crippen LogP contribution in [0.1, 0.15) is 12.8 Å². The molecule has 0 bridgehead atoms. The van der Waals surface area contributed by atoms with Crippen molar-refractivity contribution in [3.8, 4) is 0 Å². The molecule has 1 amide bonds. The van der Waals surface area contributed by atoms with Gasteiger partial charge in [0.2, 0.25) is 5.91 Å². The fourth-order valence-corrected chi connectivity index (χ4v) is 2.07. The highest BCUT2D eigenvalue weighted by molar-refractivity contribution is 5.87. The van der Waals surface area contributed by atoms with Gasteiger partial charge in [-0.3, -0.25) is 9.69 Å². The second kappa shape index (κ2) is 2.96. The molecule has 1 heterocycles. The van der Waals surface area contributed by atoms with Crippen molar-refractivity contribution in [2.24, 2.45) is 5.73 Å². The van der Waals surface area contributed by atoms with E-state index >= 15 is 0 Å². The molecule has 2 fully saturated rings. The van der Waals surface area contributed by atoms with Gasteiger partial charge in [-0.15, -0.1) is 0 Å². The minimum Gasteiger partial charge on any atom is -0.368 e. The molecule has 0 spiro atoms. The summed E-state index contributed by atoms with van der Waals surface area (Å²) in [6, 6.07) is 0. The number of nitrogens with two attached hydrogens (primary N) is 1. The van der Waals surface area contributed by atoms with Gasteiger partial charge in [-0.2, -0.15) is 0 Å². The quantitative estimate of drug-likeness (QED) is 0.613. The van der Waals surface area contributed by atoms with E-state index in [9.17, 15) is 4.79 Å². The zero-order valence-electron chi connectivity index (χ0n) is 8.12. The molecule has 0 unspecified atom stereocenters. The fraction of sp³-hybridized carbons (Fsp3) is 0.889. The van der Waals surface area contributed by atoms with Gasteiger partial charge in [0.25, 0.3) is 0 Å². The van der Waals surface area contributed by atoms with E-state index in [0.717, 1.165) is 39.0 Å². The van der Waals surface area contributed by atoms with Crippen LogP contribution < -0.4 is 5.73 Å². The number of carbonyl (C=O) groups is 1. The minimum atomic E-state index is -0.249. The molecule has 2 rings (SSSR count). The Balaban J connectivity index is 1.98. The van der Waals surface area contributed by atoms with Gasteiger partial charge in [0.15, 0.2) is 0 Å². The molecule has 0 aromatic heterocycles. The van der Waals surface area contributed by atoms with Gasteiger partial charge >= 0.3 is 0 Å². The number of likely N-dealkylation sites (N-methyl/N-ethyl adjacent to an activating group) is 1. The SMILES string of the molecule is CN1CCN(C2(C(N)=O)CC2)CC1. The largest absolute Gasteiger partial charge is 0.368 e. The molecule has 0 aromatic carbocycles. The molecule has 4 nitrogen and oxygen atoms in total. The van der Waals surface area contributed by atoms with Crippen molar-refractivity contribution in [3.05, 3.63) is 0 Å². The standard InChI is InChI=1S/C9H17N3O/c1-11-4-6-12(7-5-11)9(2-3-9)8(10)13/h2-7H2,1H3,(H2,10,13). The lowest BCUT2D eigenvalue weighted by atomic mass is 10.2. The van der Waals surface area contributed by atoms with Crippen molar-refractivity contribution < 1.29 is 4.79 Å². The van der Waals surface area contributed by atoms with Crippen LogP contribution in [0, 0.1) is 0 Å². The first kappa shape index (κ1) is 8.97. The molecule has 0 aromatic rings. The molecule has 1 aliphatic heterocycles. The van der Waals surface area contributed by atoms with Gasteiger partial charge in [0.1, 0.15) is 5.54 Å². The van der Waals surface area contributed by atoms with Crippen LogP contribution in [-0.4, -0.2) is 54.5 Å². The molecular weight excluding hydrogens is 166 g/mol. The third kappa shape index (κ3) is 1.44.